The van der Waals surface area contributed by atoms with Gasteiger partial charge in [0, 0.05) is 94.5 Å². The summed E-state index contributed by atoms with van der Waals surface area (Å²) < 4.78 is 25.1. The number of nitrogens with zero attached hydrogens (tertiary/aromatic N) is 3. The van der Waals surface area contributed by atoms with Crippen LogP contribution in [0.25, 0.3) is 10.9 Å². The number of aromatic amines is 1. The molecule has 2 bridgehead atoms. The monoisotopic (exact) mass is 936 g/mol. The summed E-state index contributed by atoms with van der Waals surface area (Å²) in [7, 11) is 6.16. The van der Waals surface area contributed by atoms with Crippen molar-refractivity contribution in [1.82, 2.24) is 14.8 Å². The highest BCUT2D eigenvalue weighted by molar-refractivity contribution is 14.1. The molecule has 6 heterocycles. The van der Waals surface area contributed by atoms with E-state index < -0.39 is 57.5 Å². The summed E-state index contributed by atoms with van der Waals surface area (Å²) in [5, 5.41) is 26.4. The third kappa shape index (κ3) is 5.45. The molecular formula is C46H57IN4O9. The van der Waals surface area contributed by atoms with Gasteiger partial charge in [-0.3, -0.25) is 19.4 Å². The molecule has 1 unspecified atom stereocenters. The topological polar surface area (TPSA) is 154 Å². The van der Waals surface area contributed by atoms with Gasteiger partial charge in [0.15, 0.2) is 6.10 Å². The number of fused-ring (bicyclic) bond motifs is 6. The van der Waals surface area contributed by atoms with E-state index in [4.69, 9.17) is 18.9 Å². The van der Waals surface area contributed by atoms with Gasteiger partial charge in [-0.25, -0.2) is 4.79 Å². The van der Waals surface area contributed by atoms with Gasteiger partial charge >= 0.3 is 17.9 Å². The SMILES string of the molecule is CC[C@]1(O)C[C@@H]2CN(CCc3c([nH]c4ccc(I)cc34)[C@@](C(=O)OC)(c3cc4c(cc3OC)N(C)[C@H]3[C@@](O)(C(=O)OC)[C@H](OC(C)=O)[C@]5(CC)C=CCN6CC[C@]43[C@@H]65)C2)C1. The molecular weight excluding hydrogens is 879 g/mol. The maximum Gasteiger partial charge on any atom is 0.344 e. The van der Waals surface area contributed by atoms with E-state index in [-0.39, 0.29) is 12.0 Å². The zero-order chi connectivity index (χ0) is 42.7. The molecule has 1 saturated carbocycles. The van der Waals surface area contributed by atoms with Crippen molar-refractivity contribution in [3.8, 4) is 5.75 Å². The molecule has 3 fully saturated rings. The Hall–Kier alpha value is -3.70. The number of anilines is 1. The lowest BCUT2D eigenvalue weighted by molar-refractivity contribution is -0.228. The second-order valence-corrected chi connectivity index (χ2v) is 19.6. The highest BCUT2D eigenvalue weighted by Gasteiger charge is 2.80. The van der Waals surface area contributed by atoms with Gasteiger partial charge in [0.1, 0.15) is 11.2 Å². The molecule has 1 aromatic heterocycles. The smallest absolute Gasteiger partial charge is 0.344 e. The summed E-state index contributed by atoms with van der Waals surface area (Å²) in [6, 6.07) is 9.11. The fourth-order valence-corrected chi connectivity index (χ4v) is 14.0. The Labute approximate surface area is 364 Å². The van der Waals surface area contributed by atoms with Crippen molar-refractivity contribution in [2.45, 2.75) is 99.5 Å². The zero-order valence-electron chi connectivity index (χ0n) is 35.6. The van der Waals surface area contributed by atoms with Crippen LogP contribution in [0.3, 0.4) is 0 Å². The van der Waals surface area contributed by atoms with Crippen molar-refractivity contribution < 1.29 is 43.5 Å². The molecule has 2 saturated heterocycles. The molecule has 1 spiro atoms. The summed E-state index contributed by atoms with van der Waals surface area (Å²) in [4.78, 5) is 53.3. The van der Waals surface area contributed by atoms with E-state index in [0.29, 0.717) is 82.6 Å². The van der Waals surface area contributed by atoms with Gasteiger partial charge in [0.2, 0.25) is 5.60 Å². The number of hydrogen-bond donors (Lipinski definition) is 3. The molecule has 3 N–H and O–H groups in total. The van der Waals surface area contributed by atoms with Gasteiger partial charge in [-0.2, -0.15) is 0 Å². The van der Waals surface area contributed by atoms with Crippen LogP contribution in [0.15, 0.2) is 42.5 Å². The number of halogens is 1. The molecule has 5 aliphatic heterocycles. The Kier molecular flexibility index (Phi) is 10.0. The number of piperidine rings is 1. The third-order valence-electron chi connectivity index (χ3n) is 15.7. The Bertz CT molecular complexity index is 2320. The number of aliphatic hydroxyl groups is 2. The lowest BCUT2D eigenvalue weighted by Crippen LogP contribution is -2.81. The summed E-state index contributed by atoms with van der Waals surface area (Å²) in [6.07, 6.45) is 5.93. The molecule has 322 valence electrons. The van der Waals surface area contributed by atoms with Crippen LogP contribution in [0.4, 0.5) is 5.69 Å². The van der Waals surface area contributed by atoms with E-state index in [1.165, 1.54) is 21.1 Å². The Morgan fingerprint density at radius 3 is 2.42 bits per heavy atom. The van der Waals surface area contributed by atoms with Gasteiger partial charge in [-0.15, -0.1) is 0 Å². The fraction of sp³-hybridized carbons (Fsp3) is 0.587. The van der Waals surface area contributed by atoms with E-state index in [1.807, 2.05) is 31.9 Å². The zero-order valence-corrected chi connectivity index (χ0v) is 37.8. The summed E-state index contributed by atoms with van der Waals surface area (Å²) in [5.41, 5.74) is -1.64. The van der Waals surface area contributed by atoms with Crippen LogP contribution < -0.4 is 9.64 Å². The Morgan fingerprint density at radius 2 is 1.73 bits per heavy atom. The minimum Gasteiger partial charge on any atom is -0.496 e. The van der Waals surface area contributed by atoms with E-state index in [9.17, 15) is 19.8 Å². The van der Waals surface area contributed by atoms with Crippen LogP contribution >= 0.6 is 22.6 Å². The van der Waals surface area contributed by atoms with Crippen LogP contribution in [0.5, 0.6) is 5.75 Å². The molecule has 13 nitrogen and oxygen atoms in total. The number of H-pyrrole nitrogens is 1. The predicted molar refractivity (Wildman–Crippen MR) is 233 cm³/mol. The van der Waals surface area contributed by atoms with Crippen molar-refractivity contribution in [2.75, 3.05) is 66.0 Å². The van der Waals surface area contributed by atoms with Crippen molar-refractivity contribution in [3.63, 3.8) is 0 Å². The number of ether oxygens (including phenoxy) is 4. The second kappa shape index (κ2) is 14.4. The molecule has 10 atom stereocenters. The summed E-state index contributed by atoms with van der Waals surface area (Å²) in [5.74, 6) is -1.57. The van der Waals surface area contributed by atoms with Crippen LogP contribution in [-0.4, -0.2) is 133 Å². The normalized spacial score (nSPS) is 36.6. The first-order valence-corrected chi connectivity index (χ1v) is 22.4. The fourth-order valence-electron chi connectivity index (χ4n) is 13.5. The van der Waals surface area contributed by atoms with Gasteiger partial charge < -0.3 is 39.0 Å². The van der Waals surface area contributed by atoms with Crippen molar-refractivity contribution in [1.29, 1.82) is 0 Å². The first-order valence-electron chi connectivity index (χ1n) is 21.3. The molecule has 60 heavy (non-hydrogen) atoms. The maximum absolute atomic E-state index is 15.4. The minimum absolute atomic E-state index is 0.103. The van der Waals surface area contributed by atoms with Gasteiger partial charge in [0.05, 0.1) is 33.0 Å². The Morgan fingerprint density at radius 1 is 0.967 bits per heavy atom. The molecule has 2 aromatic carbocycles. The highest BCUT2D eigenvalue weighted by Crippen LogP contribution is 2.68. The number of nitrogens with one attached hydrogen (secondary N) is 1. The van der Waals surface area contributed by atoms with Crippen LogP contribution in [-0.2, 0) is 45.8 Å². The average Bonchev–Trinajstić information content (AvgIpc) is 3.89. The summed E-state index contributed by atoms with van der Waals surface area (Å²) >= 11 is 2.33. The van der Waals surface area contributed by atoms with Gasteiger partial charge in [-0.05, 0) is 109 Å². The number of carbonyl (C=O) groups is 3. The molecule has 0 radical (unpaired) electrons. The molecule has 6 aliphatic rings. The van der Waals surface area contributed by atoms with E-state index in [1.54, 1.807) is 7.11 Å². The Balaban J connectivity index is 1.37. The number of rotatable bonds is 7. The minimum atomic E-state index is -2.30. The quantitative estimate of drug-likeness (QED) is 0.132. The number of carbonyl (C=O) groups excluding carboxylic acids is 3. The third-order valence-corrected chi connectivity index (χ3v) is 16.3. The van der Waals surface area contributed by atoms with Gasteiger partial charge in [0.25, 0.3) is 0 Å². The number of methoxy groups -OCH3 is 3. The van der Waals surface area contributed by atoms with Crippen molar-refractivity contribution in [2.24, 2.45) is 11.3 Å². The number of aromatic nitrogens is 1. The lowest BCUT2D eigenvalue weighted by Gasteiger charge is -2.63. The van der Waals surface area contributed by atoms with Crippen LogP contribution in [0, 0.1) is 14.9 Å². The lowest BCUT2D eigenvalue weighted by atomic mass is 9.47. The molecule has 0 amide bonds. The van der Waals surface area contributed by atoms with E-state index in [2.05, 4.69) is 73.8 Å². The number of hydrogen-bond acceptors (Lipinski definition) is 12. The standard InChI is InChI=1S/C46H57IN4O9/c1-8-42(55)22-27-23-45(40(53)58-6,36-29(13-17-50(24-27)25-42)30-19-28(47)11-12-33(30)48-36)32-20-31-34(21-35(32)57-5)49(4)38-44(31)15-18-51-16-10-14-43(9-2,37(44)51)39(60-26(3)52)46(38,56)41(54)59-7/h10-12,14,19-21,27,37-39,48,55-56H,8-9,13,15-18,22-25H2,1-7H3/t27-,37-,38+,39+,42-,43+,44+,45-,46-/m0/s1. The summed E-state index contributed by atoms with van der Waals surface area (Å²) in [6.45, 7) is 8.62. The van der Waals surface area contributed by atoms with Crippen molar-refractivity contribution in [3.05, 3.63) is 68.4 Å². The molecule has 1 aliphatic carbocycles. The number of benzene rings is 2. The number of esters is 3. The van der Waals surface area contributed by atoms with E-state index in [0.717, 1.165) is 37.0 Å². The number of likely N-dealkylation sites (N-methyl/N-ethyl adjacent to an activating group) is 1. The second-order valence-electron chi connectivity index (χ2n) is 18.3. The molecule has 3 aromatic rings. The van der Waals surface area contributed by atoms with E-state index >= 15 is 4.79 Å². The highest BCUT2D eigenvalue weighted by atomic mass is 127. The molecule has 14 heteroatoms. The van der Waals surface area contributed by atoms with Crippen LogP contribution in [0.1, 0.15) is 75.3 Å². The average molecular weight is 937 g/mol. The van der Waals surface area contributed by atoms with Crippen LogP contribution in [0.2, 0.25) is 0 Å². The maximum atomic E-state index is 15.4. The predicted octanol–water partition coefficient (Wildman–Crippen LogP) is 4.60. The first-order chi connectivity index (χ1) is 28.6. The van der Waals surface area contributed by atoms with Gasteiger partial charge in [-0.1, -0.05) is 26.0 Å². The molecule has 9 rings (SSSR count). The largest absolute Gasteiger partial charge is 0.496 e. The first kappa shape index (κ1) is 41.6. The van der Waals surface area contributed by atoms with Crippen molar-refractivity contribution >= 4 is 57.1 Å².